The number of nitrogens with zero attached hydrogens (tertiary/aromatic N) is 3. The first-order valence-corrected chi connectivity index (χ1v) is 8.95. The van der Waals surface area contributed by atoms with Gasteiger partial charge in [-0.2, -0.15) is 0 Å². The first kappa shape index (κ1) is 15.2. The van der Waals surface area contributed by atoms with Gasteiger partial charge in [-0.15, -0.1) is 0 Å². The number of hydrogen-bond donors (Lipinski definition) is 0. The SMILES string of the molecule is COc1ccc2nc3cc(Cl)ccc3c(N3CC4(CN(C)C4)C3)c2c1. The van der Waals surface area contributed by atoms with Gasteiger partial charge in [-0.25, -0.2) is 4.98 Å². The van der Waals surface area contributed by atoms with Crippen LogP contribution in [0.25, 0.3) is 21.8 Å². The number of methoxy groups -OCH3 is 1. The predicted octanol–water partition coefficient (Wildman–Crippen LogP) is 3.80. The summed E-state index contributed by atoms with van der Waals surface area (Å²) in [4.78, 5) is 9.71. The summed E-state index contributed by atoms with van der Waals surface area (Å²) < 4.78 is 5.45. The van der Waals surface area contributed by atoms with Gasteiger partial charge < -0.3 is 14.5 Å². The standard InChI is InChI=1S/C20H20ClN3O/c1-23-9-20(10-23)11-24(12-20)19-15-5-3-13(21)7-18(15)22-17-6-4-14(25-2)8-16(17)19/h3-8H,9-12H2,1-2H3. The number of rotatable bonds is 2. The highest BCUT2D eigenvalue weighted by Gasteiger charge is 2.50. The number of benzene rings is 2. The topological polar surface area (TPSA) is 28.6 Å². The van der Waals surface area contributed by atoms with E-state index in [1.165, 1.54) is 18.8 Å². The highest BCUT2D eigenvalue weighted by molar-refractivity contribution is 6.31. The van der Waals surface area contributed by atoms with E-state index in [-0.39, 0.29) is 0 Å². The largest absolute Gasteiger partial charge is 0.497 e. The second-order valence-corrected chi connectivity index (χ2v) is 7.97. The molecule has 0 unspecified atom stereocenters. The Labute approximate surface area is 151 Å². The highest BCUT2D eigenvalue weighted by atomic mass is 35.5. The third-order valence-corrected chi connectivity index (χ3v) is 5.73. The zero-order chi connectivity index (χ0) is 17.2. The number of likely N-dealkylation sites (tertiary alicyclic amines) is 1. The number of pyridine rings is 1. The van der Waals surface area contributed by atoms with Crippen molar-refractivity contribution in [2.75, 3.05) is 45.2 Å². The van der Waals surface area contributed by atoms with E-state index < -0.39 is 0 Å². The van der Waals surface area contributed by atoms with Crippen molar-refractivity contribution in [3.8, 4) is 5.75 Å². The second-order valence-electron chi connectivity index (χ2n) is 7.53. The Kier molecular flexibility index (Phi) is 3.19. The molecule has 0 radical (unpaired) electrons. The van der Waals surface area contributed by atoms with Gasteiger partial charge in [0.2, 0.25) is 0 Å². The van der Waals surface area contributed by atoms with E-state index in [9.17, 15) is 0 Å². The van der Waals surface area contributed by atoms with Crippen LogP contribution in [0.4, 0.5) is 5.69 Å². The van der Waals surface area contributed by atoms with E-state index in [0.29, 0.717) is 5.41 Å². The number of aromatic nitrogens is 1. The van der Waals surface area contributed by atoms with Gasteiger partial charge in [0.1, 0.15) is 5.75 Å². The van der Waals surface area contributed by atoms with Crippen LogP contribution in [0.15, 0.2) is 36.4 Å². The molecule has 0 aliphatic carbocycles. The number of hydrogen-bond acceptors (Lipinski definition) is 4. The zero-order valence-corrected chi connectivity index (χ0v) is 15.2. The van der Waals surface area contributed by atoms with Crippen molar-refractivity contribution in [3.63, 3.8) is 0 Å². The first-order chi connectivity index (χ1) is 12.1. The molecule has 0 atom stereocenters. The van der Waals surface area contributed by atoms with Crippen molar-refractivity contribution in [2.24, 2.45) is 5.41 Å². The molecule has 2 fully saturated rings. The minimum absolute atomic E-state index is 0.474. The second kappa shape index (κ2) is 5.23. The third kappa shape index (κ3) is 2.28. The molecule has 3 heterocycles. The lowest BCUT2D eigenvalue weighted by molar-refractivity contribution is -0.00211. The molecule has 0 bridgehead atoms. The minimum Gasteiger partial charge on any atom is -0.497 e. The van der Waals surface area contributed by atoms with Gasteiger partial charge in [0.05, 0.1) is 23.8 Å². The molecule has 5 rings (SSSR count). The maximum atomic E-state index is 6.21. The van der Waals surface area contributed by atoms with E-state index in [0.717, 1.165) is 45.7 Å². The van der Waals surface area contributed by atoms with Crippen LogP contribution in [0, 0.1) is 5.41 Å². The number of halogens is 1. The summed E-state index contributed by atoms with van der Waals surface area (Å²) >= 11 is 6.21. The van der Waals surface area contributed by atoms with Gasteiger partial charge in [0.25, 0.3) is 0 Å². The maximum absolute atomic E-state index is 6.21. The average molecular weight is 354 g/mol. The Hall–Kier alpha value is -2.04. The molecular formula is C20H20ClN3O. The van der Waals surface area contributed by atoms with Crippen LogP contribution in [-0.2, 0) is 0 Å². The quantitative estimate of drug-likeness (QED) is 0.655. The Morgan fingerprint density at radius 3 is 2.52 bits per heavy atom. The van der Waals surface area contributed by atoms with Gasteiger partial charge in [-0.3, -0.25) is 0 Å². The Morgan fingerprint density at radius 1 is 1.00 bits per heavy atom. The van der Waals surface area contributed by atoms with E-state index in [2.05, 4.69) is 29.0 Å². The number of anilines is 1. The molecule has 2 saturated heterocycles. The maximum Gasteiger partial charge on any atom is 0.119 e. The lowest BCUT2D eigenvalue weighted by atomic mass is 9.72. The molecule has 25 heavy (non-hydrogen) atoms. The van der Waals surface area contributed by atoms with Crippen LogP contribution in [0.2, 0.25) is 5.02 Å². The average Bonchev–Trinajstić information content (AvgIpc) is 2.54. The molecular weight excluding hydrogens is 334 g/mol. The van der Waals surface area contributed by atoms with Gasteiger partial charge >= 0.3 is 0 Å². The molecule has 2 aromatic carbocycles. The van der Waals surface area contributed by atoms with E-state index >= 15 is 0 Å². The summed E-state index contributed by atoms with van der Waals surface area (Å²) in [5, 5.41) is 3.03. The Morgan fingerprint density at radius 2 is 1.80 bits per heavy atom. The summed E-state index contributed by atoms with van der Waals surface area (Å²) in [7, 11) is 3.90. The minimum atomic E-state index is 0.474. The Balaban J connectivity index is 1.69. The monoisotopic (exact) mass is 353 g/mol. The number of fused-ring (bicyclic) bond motifs is 2. The molecule has 0 saturated carbocycles. The molecule has 4 nitrogen and oxygen atoms in total. The van der Waals surface area contributed by atoms with Crippen LogP contribution < -0.4 is 9.64 Å². The van der Waals surface area contributed by atoms with Crippen molar-refractivity contribution in [2.45, 2.75) is 0 Å². The normalized spacial score (nSPS) is 19.2. The predicted molar refractivity (Wildman–Crippen MR) is 103 cm³/mol. The van der Waals surface area contributed by atoms with Crippen molar-refractivity contribution >= 4 is 39.1 Å². The summed E-state index contributed by atoms with van der Waals surface area (Å²) in [6.07, 6.45) is 0. The fourth-order valence-corrected chi connectivity index (χ4v) is 4.73. The highest BCUT2D eigenvalue weighted by Crippen LogP contribution is 2.45. The molecule has 0 N–H and O–H groups in total. The fourth-order valence-electron chi connectivity index (χ4n) is 4.56. The molecule has 128 valence electrons. The van der Waals surface area contributed by atoms with Crippen molar-refractivity contribution in [1.29, 1.82) is 0 Å². The summed E-state index contributed by atoms with van der Waals surface area (Å²) in [6, 6.07) is 12.1. The molecule has 5 heteroatoms. The van der Waals surface area contributed by atoms with Crippen LogP contribution >= 0.6 is 11.6 Å². The number of ether oxygens (including phenoxy) is 1. The molecule has 1 aromatic heterocycles. The smallest absolute Gasteiger partial charge is 0.119 e. The molecule has 0 amide bonds. The Bertz CT molecular complexity index is 989. The molecule has 1 spiro atoms. The fraction of sp³-hybridized carbons (Fsp3) is 0.350. The van der Waals surface area contributed by atoms with Crippen LogP contribution in [0.5, 0.6) is 5.75 Å². The van der Waals surface area contributed by atoms with Gasteiger partial charge in [0.15, 0.2) is 0 Å². The lowest BCUT2D eigenvalue weighted by Crippen LogP contribution is -2.71. The third-order valence-electron chi connectivity index (χ3n) is 5.49. The summed E-state index contributed by atoms with van der Waals surface area (Å²) in [6.45, 7) is 4.59. The van der Waals surface area contributed by atoms with Crippen molar-refractivity contribution in [3.05, 3.63) is 41.4 Å². The molecule has 2 aliphatic rings. The van der Waals surface area contributed by atoms with Crippen molar-refractivity contribution in [1.82, 2.24) is 9.88 Å². The van der Waals surface area contributed by atoms with Crippen LogP contribution in [0.3, 0.4) is 0 Å². The zero-order valence-electron chi connectivity index (χ0n) is 14.4. The van der Waals surface area contributed by atoms with Gasteiger partial charge in [0, 0.05) is 47.4 Å². The van der Waals surface area contributed by atoms with Crippen LogP contribution in [0.1, 0.15) is 0 Å². The summed E-state index contributed by atoms with van der Waals surface area (Å²) in [5.74, 6) is 0.863. The van der Waals surface area contributed by atoms with E-state index in [1.54, 1.807) is 7.11 Å². The lowest BCUT2D eigenvalue weighted by Gasteiger charge is -2.60. The van der Waals surface area contributed by atoms with Gasteiger partial charge in [-0.05, 0) is 43.4 Å². The molecule has 2 aliphatic heterocycles. The van der Waals surface area contributed by atoms with E-state index in [1.807, 2.05) is 24.3 Å². The summed E-state index contributed by atoms with van der Waals surface area (Å²) in [5.41, 5.74) is 3.67. The van der Waals surface area contributed by atoms with Crippen LogP contribution in [-0.4, -0.2) is 50.2 Å². The molecule has 3 aromatic rings. The van der Waals surface area contributed by atoms with Gasteiger partial charge in [-0.1, -0.05) is 11.6 Å². The van der Waals surface area contributed by atoms with E-state index in [4.69, 9.17) is 21.3 Å². The van der Waals surface area contributed by atoms with Crippen molar-refractivity contribution < 1.29 is 4.74 Å². The first-order valence-electron chi connectivity index (χ1n) is 8.57.